The number of carbonyl (C=O) groups is 1. The maximum atomic E-state index is 12.1. The molecule has 3 aromatic carbocycles. The zero-order valence-electron chi connectivity index (χ0n) is 14.6. The van der Waals surface area contributed by atoms with E-state index in [1.807, 2.05) is 36.4 Å². The Balaban J connectivity index is 1.53. The molecule has 0 aliphatic carbocycles. The second kappa shape index (κ2) is 9.09. The number of carbonyl (C=O) groups excluding carboxylic acids is 1. The third-order valence-electron chi connectivity index (χ3n) is 3.62. The lowest BCUT2D eigenvalue weighted by Crippen LogP contribution is -2.20. The fourth-order valence-electron chi connectivity index (χ4n) is 2.32. The van der Waals surface area contributed by atoms with Gasteiger partial charge in [0.05, 0.1) is 7.11 Å². The Morgan fingerprint density at radius 1 is 0.889 bits per heavy atom. The van der Waals surface area contributed by atoms with Gasteiger partial charge >= 0.3 is 0 Å². The summed E-state index contributed by atoms with van der Waals surface area (Å²) in [6.45, 7) is -0.114. The second-order valence-electron chi connectivity index (χ2n) is 5.57. The Bertz CT molecular complexity index is 895. The quantitative estimate of drug-likeness (QED) is 0.557. The van der Waals surface area contributed by atoms with Gasteiger partial charge in [-0.3, -0.25) is 4.79 Å². The summed E-state index contributed by atoms with van der Waals surface area (Å²) >= 11 is 3.39. The molecule has 0 saturated carbocycles. The van der Waals surface area contributed by atoms with Gasteiger partial charge in [-0.1, -0.05) is 28.1 Å². The van der Waals surface area contributed by atoms with Crippen molar-refractivity contribution in [2.45, 2.75) is 0 Å². The van der Waals surface area contributed by atoms with E-state index >= 15 is 0 Å². The van der Waals surface area contributed by atoms with Crippen molar-refractivity contribution in [2.75, 3.05) is 19.0 Å². The van der Waals surface area contributed by atoms with Gasteiger partial charge in [0.15, 0.2) is 18.1 Å². The minimum absolute atomic E-state index is 0.114. The lowest BCUT2D eigenvalue weighted by Gasteiger charge is -2.11. The molecule has 27 heavy (non-hydrogen) atoms. The number of nitrogens with one attached hydrogen (secondary N) is 1. The Morgan fingerprint density at radius 2 is 1.48 bits per heavy atom. The van der Waals surface area contributed by atoms with Crippen molar-refractivity contribution in [1.82, 2.24) is 0 Å². The molecule has 0 radical (unpaired) electrons. The van der Waals surface area contributed by atoms with E-state index in [2.05, 4.69) is 21.2 Å². The molecule has 0 spiro atoms. The van der Waals surface area contributed by atoms with E-state index in [1.165, 1.54) is 0 Å². The van der Waals surface area contributed by atoms with Crippen LogP contribution in [-0.4, -0.2) is 19.6 Å². The maximum absolute atomic E-state index is 12.1. The molecule has 0 aromatic heterocycles. The number of ether oxygens (including phenoxy) is 3. The van der Waals surface area contributed by atoms with Crippen LogP contribution in [0.15, 0.2) is 77.3 Å². The van der Waals surface area contributed by atoms with Crippen molar-refractivity contribution >= 4 is 27.5 Å². The Labute approximate surface area is 166 Å². The predicted octanol–water partition coefficient (Wildman–Crippen LogP) is 5.27. The van der Waals surface area contributed by atoms with Crippen molar-refractivity contribution in [2.24, 2.45) is 0 Å². The van der Waals surface area contributed by atoms with Gasteiger partial charge in [-0.25, -0.2) is 0 Å². The van der Waals surface area contributed by atoms with Crippen molar-refractivity contribution in [3.8, 4) is 23.0 Å². The summed E-state index contributed by atoms with van der Waals surface area (Å²) in [5, 5.41) is 2.78. The molecule has 5 nitrogen and oxygen atoms in total. The molecule has 1 amide bonds. The second-order valence-corrected chi connectivity index (χ2v) is 6.48. The van der Waals surface area contributed by atoms with Crippen LogP contribution >= 0.6 is 15.9 Å². The Kier molecular flexibility index (Phi) is 6.33. The first-order chi connectivity index (χ1) is 13.1. The zero-order chi connectivity index (χ0) is 19.1. The fourth-order valence-corrected chi connectivity index (χ4v) is 2.59. The van der Waals surface area contributed by atoms with Crippen molar-refractivity contribution in [1.29, 1.82) is 0 Å². The monoisotopic (exact) mass is 427 g/mol. The van der Waals surface area contributed by atoms with Gasteiger partial charge < -0.3 is 19.5 Å². The van der Waals surface area contributed by atoms with E-state index in [1.54, 1.807) is 43.5 Å². The van der Waals surface area contributed by atoms with Crippen molar-refractivity contribution < 1.29 is 19.0 Å². The first-order valence-corrected chi connectivity index (χ1v) is 9.02. The van der Waals surface area contributed by atoms with E-state index in [0.717, 1.165) is 10.2 Å². The molecular weight excluding hydrogens is 410 g/mol. The summed E-state index contributed by atoms with van der Waals surface area (Å²) in [4.78, 5) is 12.1. The van der Waals surface area contributed by atoms with Crippen molar-refractivity contribution in [3.63, 3.8) is 0 Å². The zero-order valence-corrected chi connectivity index (χ0v) is 16.2. The fraction of sp³-hybridized carbons (Fsp3) is 0.0952. The van der Waals surface area contributed by atoms with Crippen LogP contribution in [0.1, 0.15) is 0 Å². The van der Waals surface area contributed by atoms with E-state index in [-0.39, 0.29) is 12.5 Å². The summed E-state index contributed by atoms with van der Waals surface area (Å²) in [6.07, 6.45) is 0. The third kappa shape index (κ3) is 5.49. The third-order valence-corrected chi connectivity index (χ3v) is 4.14. The molecule has 0 bridgehead atoms. The smallest absolute Gasteiger partial charge is 0.262 e. The maximum Gasteiger partial charge on any atom is 0.262 e. The molecule has 0 saturated heterocycles. The van der Waals surface area contributed by atoms with Gasteiger partial charge in [-0.15, -0.1) is 0 Å². The van der Waals surface area contributed by atoms with Crippen LogP contribution in [-0.2, 0) is 4.79 Å². The summed E-state index contributed by atoms with van der Waals surface area (Å²) in [5.41, 5.74) is 0.659. The molecular formula is C21H18BrNO4. The summed E-state index contributed by atoms with van der Waals surface area (Å²) in [5.74, 6) is 2.26. The lowest BCUT2D eigenvalue weighted by atomic mass is 10.3. The van der Waals surface area contributed by atoms with Crippen LogP contribution in [0.4, 0.5) is 5.69 Å². The average Bonchev–Trinajstić information content (AvgIpc) is 2.70. The molecule has 6 heteroatoms. The van der Waals surface area contributed by atoms with Crippen LogP contribution in [0.5, 0.6) is 23.0 Å². The minimum atomic E-state index is -0.262. The average molecular weight is 428 g/mol. The molecule has 3 rings (SSSR count). The van der Waals surface area contributed by atoms with Gasteiger partial charge in [-0.2, -0.15) is 0 Å². The normalized spacial score (nSPS) is 10.1. The van der Waals surface area contributed by atoms with Gasteiger partial charge in [0.2, 0.25) is 0 Å². The van der Waals surface area contributed by atoms with Gasteiger partial charge in [0.25, 0.3) is 5.91 Å². The number of benzene rings is 3. The van der Waals surface area contributed by atoms with E-state index in [4.69, 9.17) is 14.2 Å². The molecule has 0 aliphatic heterocycles. The standard InChI is InChI=1S/C21H18BrNO4/c1-25-19-4-2-3-5-20(19)26-14-21(24)23-16-8-12-18(13-9-16)27-17-10-6-15(22)7-11-17/h2-13H,14H2,1H3,(H,23,24). The molecule has 0 unspecified atom stereocenters. The van der Waals surface area contributed by atoms with Crippen molar-refractivity contribution in [3.05, 3.63) is 77.3 Å². The summed E-state index contributed by atoms with van der Waals surface area (Å²) in [7, 11) is 1.56. The number of halogens is 1. The number of para-hydroxylation sites is 2. The first kappa shape index (κ1) is 18.8. The van der Waals surface area contributed by atoms with Crippen LogP contribution in [0, 0.1) is 0 Å². The van der Waals surface area contributed by atoms with Gasteiger partial charge in [0, 0.05) is 10.2 Å². The largest absolute Gasteiger partial charge is 0.493 e. The molecule has 0 fully saturated rings. The van der Waals surface area contributed by atoms with Crippen LogP contribution in [0.3, 0.4) is 0 Å². The molecule has 0 aliphatic rings. The molecule has 138 valence electrons. The number of amides is 1. The van der Waals surface area contributed by atoms with Crippen LogP contribution in [0.25, 0.3) is 0 Å². The van der Waals surface area contributed by atoms with Crippen LogP contribution in [0.2, 0.25) is 0 Å². The highest BCUT2D eigenvalue weighted by Crippen LogP contribution is 2.26. The minimum Gasteiger partial charge on any atom is -0.493 e. The molecule has 0 heterocycles. The molecule has 0 atom stereocenters. The molecule has 3 aromatic rings. The number of hydrogen-bond donors (Lipinski definition) is 1. The Morgan fingerprint density at radius 3 is 2.11 bits per heavy atom. The number of hydrogen-bond acceptors (Lipinski definition) is 4. The van der Waals surface area contributed by atoms with Crippen LogP contribution < -0.4 is 19.5 Å². The SMILES string of the molecule is COc1ccccc1OCC(=O)Nc1ccc(Oc2ccc(Br)cc2)cc1. The number of anilines is 1. The summed E-state index contributed by atoms with van der Waals surface area (Å²) in [6, 6.07) is 21.9. The number of methoxy groups -OCH3 is 1. The highest BCUT2D eigenvalue weighted by molar-refractivity contribution is 9.10. The van der Waals surface area contributed by atoms with Gasteiger partial charge in [-0.05, 0) is 60.7 Å². The van der Waals surface area contributed by atoms with E-state index < -0.39 is 0 Å². The highest BCUT2D eigenvalue weighted by Gasteiger charge is 2.07. The summed E-state index contributed by atoms with van der Waals surface area (Å²) < 4.78 is 17.4. The molecule has 1 N–H and O–H groups in total. The topological polar surface area (TPSA) is 56.8 Å². The lowest BCUT2D eigenvalue weighted by molar-refractivity contribution is -0.118. The Hall–Kier alpha value is -2.99. The predicted molar refractivity (Wildman–Crippen MR) is 108 cm³/mol. The van der Waals surface area contributed by atoms with E-state index in [0.29, 0.717) is 22.9 Å². The first-order valence-electron chi connectivity index (χ1n) is 8.23. The highest BCUT2D eigenvalue weighted by atomic mass is 79.9. The van der Waals surface area contributed by atoms with E-state index in [9.17, 15) is 4.79 Å². The number of rotatable bonds is 7. The van der Waals surface area contributed by atoms with Gasteiger partial charge in [0.1, 0.15) is 11.5 Å².